The van der Waals surface area contributed by atoms with E-state index in [-0.39, 0.29) is 0 Å². The molecular weight excluding hydrogens is 263 g/mol. The molecular formula is C12H14F3NO3. The van der Waals surface area contributed by atoms with Gasteiger partial charge in [0.2, 0.25) is 0 Å². The van der Waals surface area contributed by atoms with E-state index in [1.54, 1.807) is 12.1 Å². The predicted octanol–water partition coefficient (Wildman–Crippen LogP) is 2.44. The Hall–Kier alpha value is -1.92. The SMILES string of the molecule is COc1ccc(C(C)NC(=O)C(F)(F)F)c(OC)c1. The Labute approximate surface area is 108 Å². The molecule has 1 atom stereocenters. The van der Waals surface area contributed by atoms with Crippen LogP contribution in [0.1, 0.15) is 18.5 Å². The summed E-state index contributed by atoms with van der Waals surface area (Å²) in [5.74, 6) is -1.14. The van der Waals surface area contributed by atoms with E-state index in [0.29, 0.717) is 17.1 Å². The van der Waals surface area contributed by atoms with Crippen molar-refractivity contribution in [3.8, 4) is 11.5 Å². The van der Waals surface area contributed by atoms with E-state index < -0.39 is 18.1 Å². The fraction of sp³-hybridized carbons (Fsp3) is 0.417. The third-order valence-electron chi connectivity index (χ3n) is 2.51. The summed E-state index contributed by atoms with van der Waals surface area (Å²) in [4.78, 5) is 10.9. The summed E-state index contributed by atoms with van der Waals surface area (Å²) in [5, 5.41) is 1.86. The smallest absolute Gasteiger partial charge is 0.471 e. The fourth-order valence-corrected chi connectivity index (χ4v) is 1.53. The highest BCUT2D eigenvalue weighted by atomic mass is 19.4. The molecule has 7 heteroatoms. The molecule has 1 aromatic rings. The lowest BCUT2D eigenvalue weighted by Crippen LogP contribution is -2.38. The maximum atomic E-state index is 12.2. The number of nitrogens with one attached hydrogen (secondary N) is 1. The second kappa shape index (κ2) is 5.81. The van der Waals surface area contributed by atoms with Gasteiger partial charge in [-0.1, -0.05) is 0 Å². The molecule has 0 fully saturated rings. The number of alkyl halides is 3. The summed E-state index contributed by atoms with van der Waals surface area (Å²) in [6.45, 7) is 1.44. The van der Waals surface area contributed by atoms with Crippen molar-refractivity contribution in [3.63, 3.8) is 0 Å². The number of methoxy groups -OCH3 is 2. The zero-order valence-corrected chi connectivity index (χ0v) is 10.7. The minimum atomic E-state index is -4.91. The van der Waals surface area contributed by atoms with Crippen LogP contribution in [0, 0.1) is 0 Å². The molecule has 0 saturated carbocycles. The van der Waals surface area contributed by atoms with Crippen LogP contribution in [0.3, 0.4) is 0 Å². The number of hydrogen-bond acceptors (Lipinski definition) is 3. The molecule has 0 saturated heterocycles. The summed E-state index contributed by atoms with van der Waals surface area (Å²) in [6.07, 6.45) is -4.91. The lowest BCUT2D eigenvalue weighted by molar-refractivity contribution is -0.174. The highest BCUT2D eigenvalue weighted by Gasteiger charge is 2.39. The Balaban J connectivity index is 2.93. The summed E-state index contributed by atoms with van der Waals surface area (Å²) in [5.41, 5.74) is 0.431. The summed E-state index contributed by atoms with van der Waals surface area (Å²) >= 11 is 0. The molecule has 1 amide bonds. The molecule has 1 aromatic carbocycles. The van der Waals surface area contributed by atoms with Crippen LogP contribution in [0.25, 0.3) is 0 Å². The number of halogens is 3. The molecule has 4 nitrogen and oxygen atoms in total. The van der Waals surface area contributed by atoms with E-state index in [0.717, 1.165) is 0 Å². The molecule has 1 rings (SSSR count). The minimum absolute atomic E-state index is 0.342. The first-order valence-corrected chi connectivity index (χ1v) is 5.39. The monoisotopic (exact) mass is 277 g/mol. The van der Waals surface area contributed by atoms with E-state index in [2.05, 4.69) is 0 Å². The molecule has 19 heavy (non-hydrogen) atoms. The van der Waals surface area contributed by atoms with Gasteiger partial charge in [-0.2, -0.15) is 13.2 Å². The predicted molar refractivity (Wildman–Crippen MR) is 62.2 cm³/mol. The van der Waals surface area contributed by atoms with Gasteiger partial charge in [0.25, 0.3) is 0 Å². The van der Waals surface area contributed by atoms with Crippen molar-refractivity contribution in [2.24, 2.45) is 0 Å². The Morgan fingerprint density at radius 2 is 1.89 bits per heavy atom. The Morgan fingerprint density at radius 3 is 2.37 bits per heavy atom. The zero-order valence-electron chi connectivity index (χ0n) is 10.7. The van der Waals surface area contributed by atoms with Crippen LogP contribution in [0.4, 0.5) is 13.2 Å². The zero-order chi connectivity index (χ0) is 14.6. The number of carbonyl (C=O) groups excluding carboxylic acids is 1. The lowest BCUT2D eigenvalue weighted by atomic mass is 10.1. The minimum Gasteiger partial charge on any atom is -0.497 e. The summed E-state index contributed by atoms with van der Waals surface area (Å²) in [6, 6.07) is 3.81. The average Bonchev–Trinajstić information content (AvgIpc) is 2.36. The number of amides is 1. The molecule has 0 radical (unpaired) electrons. The quantitative estimate of drug-likeness (QED) is 0.919. The van der Waals surface area contributed by atoms with Gasteiger partial charge in [-0.25, -0.2) is 0 Å². The maximum Gasteiger partial charge on any atom is 0.471 e. The highest BCUT2D eigenvalue weighted by Crippen LogP contribution is 2.30. The Kier molecular flexibility index (Phi) is 4.63. The van der Waals surface area contributed by atoms with Crippen molar-refractivity contribution >= 4 is 5.91 Å². The van der Waals surface area contributed by atoms with Crippen LogP contribution in [0.5, 0.6) is 11.5 Å². The third-order valence-corrected chi connectivity index (χ3v) is 2.51. The number of hydrogen-bond donors (Lipinski definition) is 1. The molecule has 1 unspecified atom stereocenters. The van der Waals surface area contributed by atoms with Crippen molar-refractivity contribution in [2.75, 3.05) is 14.2 Å². The Morgan fingerprint density at radius 1 is 1.26 bits per heavy atom. The largest absolute Gasteiger partial charge is 0.497 e. The van der Waals surface area contributed by atoms with Gasteiger partial charge in [0.1, 0.15) is 11.5 Å². The highest BCUT2D eigenvalue weighted by molar-refractivity contribution is 5.82. The van der Waals surface area contributed by atoms with E-state index in [4.69, 9.17) is 9.47 Å². The molecule has 0 heterocycles. The molecule has 0 bridgehead atoms. The van der Waals surface area contributed by atoms with Crippen LogP contribution in [-0.4, -0.2) is 26.3 Å². The Bertz CT molecular complexity index is 460. The van der Waals surface area contributed by atoms with Crippen LogP contribution >= 0.6 is 0 Å². The van der Waals surface area contributed by atoms with Gasteiger partial charge < -0.3 is 14.8 Å². The second-order valence-corrected chi connectivity index (χ2v) is 3.80. The van der Waals surface area contributed by atoms with Crippen LogP contribution < -0.4 is 14.8 Å². The van der Waals surface area contributed by atoms with E-state index >= 15 is 0 Å². The average molecular weight is 277 g/mol. The maximum absolute atomic E-state index is 12.2. The van der Waals surface area contributed by atoms with Gasteiger partial charge in [-0.15, -0.1) is 0 Å². The van der Waals surface area contributed by atoms with E-state index in [1.807, 2.05) is 5.32 Å². The van der Waals surface area contributed by atoms with Crippen molar-refractivity contribution in [3.05, 3.63) is 23.8 Å². The molecule has 0 spiro atoms. The molecule has 106 valence electrons. The van der Waals surface area contributed by atoms with Crippen LogP contribution in [-0.2, 0) is 4.79 Å². The van der Waals surface area contributed by atoms with Gasteiger partial charge in [-0.3, -0.25) is 4.79 Å². The van der Waals surface area contributed by atoms with Gasteiger partial charge in [0, 0.05) is 11.6 Å². The van der Waals surface area contributed by atoms with Gasteiger partial charge in [-0.05, 0) is 19.1 Å². The first-order chi connectivity index (χ1) is 8.79. The van der Waals surface area contributed by atoms with Gasteiger partial charge in [0.15, 0.2) is 0 Å². The number of rotatable bonds is 4. The first-order valence-electron chi connectivity index (χ1n) is 5.39. The van der Waals surface area contributed by atoms with Gasteiger partial charge >= 0.3 is 12.1 Å². The van der Waals surface area contributed by atoms with Crippen molar-refractivity contribution in [1.82, 2.24) is 5.32 Å². The number of carbonyl (C=O) groups is 1. The van der Waals surface area contributed by atoms with Crippen molar-refractivity contribution in [1.29, 1.82) is 0 Å². The van der Waals surface area contributed by atoms with Crippen LogP contribution in [0.2, 0.25) is 0 Å². The normalized spacial score (nSPS) is 12.7. The standard InChI is InChI=1S/C12H14F3NO3/c1-7(16-11(17)12(13,14)15)9-5-4-8(18-2)6-10(9)19-3/h4-7H,1-3H3,(H,16,17). The summed E-state index contributed by atoms with van der Waals surface area (Å²) in [7, 11) is 2.85. The molecule has 0 aliphatic rings. The number of ether oxygens (including phenoxy) is 2. The van der Waals surface area contributed by atoms with Crippen molar-refractivity contribution in [2.45, 2.75) is 19.1 Å². The molecule has 0 aromatic heterocycles. The molecule has 1 N–H and O–H groups in total. The second-order valence-electron chi connectivity index (χ2n) is 3.80. The molecule has 0 aliphatic carbocycles. The fourth-order valence-electron chi connectivity index (χ4n) is 1.53. The molecule has 0 aliphatic heterocycles. The van der Waals surface area contributed by atoms with Crippen LogP contribution in [0.15, 0.2) is 18.2 Å². The van der Waals surface area contributed by atoms with Crippen molar-refractivity contribution < 1.29 is 27.4 Å². The third kappa shape index (κ3) is 3.77. The topological polar surface area (TPSA) is 47.6 Å². The van der Waals surface area contributed by atoms with E-state index in [1.165, 1.54) is 27.2 Å². The number of benzene rings is 1. The first kappa shape index (κ1) is 15.1. The van der Waals surface area contributed by atoms with E-state index in [9.17, 15) is 18.0 Å². The lowest BCUT2D eigenvalue weighted by Gasteiger charge is -2.18. The van der Waals surface area contributed by atoms with Gasteiger partial charge in [0.05, 0.1) is 20.3 Å². The summed E-state index contributed by atoms with van der Waals surface area (Å²) < 4.78 is 46.5.